The number of nitrogens with zero attached hydrogens (tertiary/aromatic N) is 2. The van der Waals surface area contributed by atoms with Gasteiger partial charge in [0.2, 0.25) is 0 Å². The van der Waals surface area contributed by atoms with Gasteiger partial charge >= 0.3 is 0 Å². The molecule has 2 nitrogen and oxygen atoms in total. The van der Waals surface area contributed by atoms with Crippen molar-refractivity contribution >= 4 is 5.82 Å². The fraction of sp³-hybridized carbons (Fsp3) is 0.417. The molecule has 0 aromatic carbocycles. The average Bonchev–Trinajstić information content (AvgIpc) is 2.99. The van der Waals surface area contributed by atoms with E-state index in [0.29, 0.717) is 0 Å². The Morgan fingerprint density at radius 2 is 2.14 bits per heavy atom. The molecular formula is C12H14N2. The molecule has 0 unspecified atom stereocenters. The number of pyridine rings is 1. The zero-order valence-electron chi connectivity index (χ0n) is 8.62. The van der Waals surface area contributed by atoms with E-state index >= 15 is 0 Å². The van der Waals surface area contributed by atoms with Crippen molar-refractivity contribution in [3.05, 3.63) is 23.9 Å². The Kier molecular flexibility index (Phi) is 1.96. The van der Waals surface area contributed by atoms with Gasteiger partial charge in [-0.05, 0) is 24.5 Å². The Morgan fingerprint density at radius 3 is 2.50 bits per heavy atom. The molecule has 1 saturated carbocycles. The molecule has 0 spiro atoms. The molecule has 1 heterocycles. The highest BCUT2D eigenvalue weighted by Gasteiger charge is 2.42. The Bertz CT molecular complexity index is 366. The lowest BCUT2D eigenvalue weighted by Gasteiger charge is -2.13. The molecule has 0 saturated heterocycles. The van der Waals surface area contributed by atoms with Gasteiger partial charge in [-0.3, -0.25) is 0 Å². The molecule has 0 aliphatic heterocycles. The molecule has 1 aliphatic carbocycles. The molecule has 2 rings (SSSR count). The molecule has 0 amide bonds. The molecule has 0 radical (unpaired) electrons. The summed E-state index contributed by atoms with van der Waals surface area (Å²) in [7, 11) is 3.96. The summed E-state index contributed by atoms with van der Waals surface area (Å²) < 4.78 is 0. The van der Waals surface area contributed by atoms with Crippen LogP contribution < -0.4 is 4.90 Å². The predicted octanol–water partition coefficient (Wildman–Crippen LogP) is 1.81. The molecule has 0 atom stereocenters. The van der Waals surface area contributed by atoms with Crippen LogP contribution in [0.3, 0.4) is 0 Å². The van der Waals surface area contributed by atoms with Gasteiger partial charge in [0.25, 0.3) is 0 Å². The first-order valence-electron chi connectivity index (χ1n) is 4.79. The van der Waals surface area contributed by atoms with Crippen molar-refractivity contribution in [1.29, 1.82) is 0 Å². The number of aromatic nitrogens is 1. The first kappa shape index (κ1) is 9.08. The van der Waals surface area contributed by atoms with E-state index in [1.165, 1.54) is 5.56 Å². The summed E-state index contributed by atoms with van der Waals surface area (Å²) in [5.41, 5.74) is 1.20. The van der Waals surface area contributed by atoms with Crippen LogP contribution in [-0.4, -0.2) is 19.1 Å². The summed E-state index contributed by atoms with van der Waals surface area (Å²) in [6.07, 6.45) is 9.62. The van der Waals surface area contributed by atoms with Crippen molar-refractivity contribution in [1.82, 2.24) is 4.98 Å². The molecule has 1 aromatic rings. The van der Waals surface area contributed by atoms with Crippen molar-refractivity contribution in [2.45, 2.75) is 18.3 Å². The number of hydrogen-bond donors (Lipinski definition) is 0. The highest BCUT2D eigenvalue weighted by Crippen LogP contribution is 2.47. The topological polar surface area (TPSA) is 16.1 Å². The van der Waals surface area contributed by atoms with Crippen LogP contribution in [0.4, 0.5) is 5.82 Å². The van der Waals surface area contributed by atoms with Crippen LogP contribution in [0.1, 0.15) is 18.4 Å². The Labute approximate surface area is 85.0 Å². The van der Waals surface area contributed by atoms with E-state index in [1.54, 1.807) is 0 Å². The molecule has 14 heavy (non-hydrogen) atoms. The standard InChI is InChI=1S/C12H14N2/c1-4-12(7-8-12)10-5-6-11(13-9-10)14(2)3/h1,5-6,9H,7-8H2,2-3H3. The highest BCUT2D eigenvalue weighted by atomic mass is 15.1. The van der Waals surface area contributed by atoms with Crippen LogP contribution in [0.2, 0.25) is 0 Å². The van der Waals surface area contributed by atoms with Crippen molar-refractivity contribution in [3.63, 3.8) is 0 Å². The summed E-state index contributed by atoms with van der Waals surface area (Å²) in [4.78, 5) is 6.35. The second-order valence-corrected chi connectivity index (χ2v) is 4.03. The largest absolute Gasteiger partial charge is 0.363 e. The molecule has 72 valence electrons. The third-order valence-corrected chi connectivity index (χ3v) is 2.78. The average molecular weight is 186 g/mol. The van der Waals surface area contributed by atoms with Crippen LogP contribution in [-0.2, 0) is 5.41 Å². The third-order valence-electron chi connectivity index (χ3n) is 2.78. The maximum atomic E-state index is 5.51. The first-order chi connectivity index (χ1) is 6.68. The zero-order chi connectivity index (χ0) is 10.2. The summed E-state index contributed by atoms with van der Waals surface area (Å²) in [5.74, 6) is 3.84. The van der Waals surface area contributed by atoms with Gasteiger partial charge in [0.15, 0.2) is 0 Å². The predicted molar refractivity (Wildman–Crippen MR) is 58.3 cm³/mol. The van der Waals surface area contributed by atoms with Crippen molar-refractivity contribution in [2.24, 2.45) is 0 Å². The third kappa shape index (κ3) is 1.35. The minimum Gasteiger partial charge on any atom is -0.363 e. The maximum absolute atomic E-state index is 5.51. The Hall–Kier alpha value is -1.49. The molecule has 1 fully saturated rings. The van der Waals surface area contributed by atoms with Gasteiger partial charge in [0.1, 0.15) is 5.82 Å². The van der Waals surface area contributed by atoms with E-state index in [-0.39, 0.29) is 5.41 Å². The first-order valence-corrected chi connectivity index (χ1v) is 4.79. The Balaban J connectivity index is 2.28. The summed E-state index contributed by atoms with van der Waals surface area (Å²) in [5, 5.41) is 0. The maximum Gasteiger partial charge on any atom is 0.127 e. The van der Waals surface area contributed by atoms with Gasteiger partial charge in [-0.2, -0.15) is 0 Å². The van der Waals surface area contributed by atoms with E-state index in [4.69, 9.17) is 6.42 Å². The zero-order valence-corrected chi connectivity index (χ0v) is 8.62. The number of rotatable bonds is 2. The van der Waals surface area contributed by atoms with Crippen molar-refractivity contribution in [3.8, 4) is 12.3 Å². The van der Waals surface area contributed by atoms with Crippen LogP contribution in [0.25, 0.3) is 0 Å². The van der Waals surface area contributed by atoms with E-state index in [1.807, 2.05) is 31.3 Å². The Morgan fingerprint density at radius 1 is 1.43 bits per heavy atom. The summed E-state index contributed by atoms with van der Waals surface area (Å²) in [6, 6.07) is 4.11. The number of anilines is 1. The summed E-state index contributed by atoms with van der Waals surface area (Å²) in [6.45, 7) is 0. The van der Waals surface area contributed by atoms with Gasteiger partial charge < -0.3 is 4.90 Å². The lowest BCUT2D eigenvalue weighted by atomic mass is 9.99. The number of hydrogen-bond acceptors (Lipinski definition) is 2. The van der Waals surface area contributed by atoms with Crippen LogP contribution in [0.15, 0.2) is 18.3 Å². The van der Waals surface area contributed by atoms with E-state index in [0.717, 1.165) is 18.7 Å². The van der Waals surface area contributed by atoms with Crippen molar-refractivity contribution in [2.75, 3.05) is 19.0 Å². The van der Waals surface area contributed by atoms with Gasteiger partial charge in [0, 0.05) is 20.3 Å². The van der Waals surface area contributed by atoms with Gasteiger partial charge in [0.05, 0.1) is 5.41 Å². The second kappa shape index (κ2) is 3.02. The lowest BCUT2D eigenvalue weighted by molar-refractivity contribution is 0.912. The van der Waals surface area contributed by atoms with Gasteiger partial charge in [-0.1, -0.05) is 12.0 Å². The van der Waals surface area contributed by atoms with E-state index < -0.39 is 0 Å². The smallest absolute Gasteiger partial charge is 0.127 e. The monoisotopic (exact) mass is 186 g/mol. The lowest BCUT2D eigenvalue weighted by Crippen LogP contribution is -2.11. The minimum atomic E-state index is 0.0117. The quantitative estimate of drug-likeness (QED) is 0.655. The second-order valence-electron chi connectivity index (χ2n) is 4.03. The molecule has 0 bridgehead atoms. The molecule has 2 heteroatoms. The van der Waals surface area contributed by atoms with Crippen LogP contribution >= 0.6 is 0 Å². The molecule has 1 aromatic heterocycles. The van der Waals surface area contributed by atoms with Crippen molar-refractivity contribution < 1.29 is 0 Å². The normalized spacial score (nSPS) is 17.2. The van der Waals surface area contributed by atoms with Crippen LogP contribution in [0.5, 0.6) is 0 Å². The summed E-state index contributed by atoms with van der Waals surface area (Å²) >= 11 is 0. The fourth-order valence-electron chi connectivity index (χ4n) is 1.58. The molecule has 0 N–H and O–H groups in total. The van der Waals surface area contributed by atoms with Gasteiger partial charge in [-0.15, -0.1) is 6.42 Å². The minimum absolute atomic E-state index is 0.0117. The highest BCUT2D eigenvalue weighted by molar-refractivity contribution is 5.44. The number of terminal acetylenes is 1. The molecular weight excluding hydrogens is 172 g/mol. The van der Waals surface area contributed by atoms with E-state index in [9.17, 15) is 0 Å². The SMILES string of the molecule is C#CC1(c2ccc(N(C)C)nc2)CC1. The molecule has 1 aliphatic rings. The van der Waals surface area contributed by atoms with Gasteiger partial charge in [-0.25, -0.2) is 4.98 Å². The fourth-order valence-corrected chi connectivity index (χ4v) is 1.58. The van der Waals surface area contributed by atoms with Crippen LogP contribution in [0, 0.1) is 12.3 Å². The van der Waals surface area contributed by atoms with E-state index in [2.05, 4.69) is 17.0 Å².